The van der Waals surface area contributed by atoms with Crippen molar-refractivity contribution < 1.29 is 14.4 Å². The van der Waals surface area contributed by atoms with Crippen LogP contribution in [0.4, 0.5) is 5.69 Å². The Hall–Kier alpha value is -3.40. The monoisotopic (exact) mass is 494 g/mol. The lowest BCUT2D eigenvalue weighted by Gasteiger charge is -2.20. The van der Waals surface area contributed by atoms with Gasteiger partial charge >= 0.3 is 0 Å². The molecule has 0 atom stereocenters. The molecule has 2 heterocycles. The quantitative estimate of drug-likeness (QED) is 0.185. The number of para-hydroxylation sites is 1. The zero-order chi connectivity index (χ0) is 23.7. The van der Waals surface area contributed by atoms with E-state index >= 15 is 0 Å². The number of hydrogen-bond acceptors (Lipinski definition) is 7. The fourth-order valence-electron chi connectivity index (χ4n) is 3.82. The van der Waals surface area contributed by atoms with Crippen molar-refractivity contribution in [1.82, 2.24) is 14.8 Å². The fraction of sp³-hybridized carbons (Fsp3) is 0.167. The predicted octanol–water partition coefficient (Wildman–Crippen LogP) is 5.96. The lowest BCUT2D eigenvalue weighted by molar-refractivity contribution is -0.385. The first-order chi connectivity index (χ1) is 16.5. The highest BCUT2D eigenvalue weighted by molar-refractivity contribution is 7.98. The second-order valence-electron chi connectivity index (χ2n) is 7.68. The van der Waals surface area contributed by atoms with Gasteiger partial charge in [-0.05, 0) is 42.8 Å². The third kappa shape index (κ3) is 4.37. The van der Waals surface area contributed by atoms with Crippen LogP contribution < -0.4 is 4.74 Å². The Bertz CT molecular complexity index is 1370. The maximum atomic E-state index is 11.5. The lowest BCUT2D eigenvalue weighted by Crippen LogP contribution is -2.13. The molecule has 1 aromatic heterocycles. The van der Waals surface area contributed by atoms with Crippen molar-refractivity contribution in [2.24, 2.45) is 0 Å². The highest BCUT2D eigenvalue weighted by Crippen LogP contribution is 2.37. The normalized spacial score (nSPS) is 12.8. The number of non-ortho nitro benzene ring substituents is 1. The molecule has 0 unspecified atom stereocenters. The van der Waals surface area contributed by atoms with Crippen LogP contribution in [0.15, 0.2) is 65.8 Å². The number of thioether (sulfide) groups is 1. The van der Waals surface area contributed by atoms with E-state index in [2.05, 4.69) is 10.2 Å². The highest BCUT2D eigenvalue weighted by atomic mass is 35.5. The van der Waals surface area contributed by atoms with Crippen LogP contribution in [0.1, 0.15) is 16.7 Å². The van der Waals surface area contributed by atoms with E-state index in [9.17, 15) is 10.1 Å². The zero-order valence-corrected chi connectivity index (χ0v) is 19.7. The van der Waals surface area contributed by atoms with Gasteiger partial charge in [0.1, 0.15) is 5.75 Å². The Morgan fingerprint density at radius 2 is 1.94 bits per heavy atom. The SMILES string of the molecule is Cc1ccccc1-n1c(SCc2cc([N+](=O)[O-])cc3c2OCOC3)nnc1-c1ccc(Cl)cc1. The van der Waals surface area contributed by atoms with Gasteiger partial charge in [0.2, 0.25) is 0 Å². The van der Waals surface area contributed by atoms with Gasteiger partial charge in [-0.15, -0.1) is 10.2 Å². The van der Waals surface area contributed by atoms with Gasteiger partial charge in [0, 0.05) is 39.6 Å². The zero-order valence-electron chi connectivity index (χ0n) is 18.1. The van der Waals surface area contributed by atoms with Crippen molar-refractivity contribution in [3.63, 3.8) is 0 Å². The number of ether oxygens (including phenoxy) is 2. The fourth-order valence-corrected chi connectivity index (χ4v) is 4.85. The second kappa shape index (κ2) is 9.46. The Morgan fingerprint density at radius 3 is 2.71 bits per heavy atom. The van der Waals surface area contributed by atoms with Crippen LogP contribution in [-0.2, 0) is 17.1 Å². The van der Waals surface area contributed by atoms with Crippen LogP contribution in [0.5, 0.6) is 5.75 Å². The molecule has 34 heavy (non-hydrogen) atoms. The number of nitro groups is 1. The Kier molecular flexibility index (Phi) is 6.23. The van der Waals surface area contributed by atoms with Crippen LogP contribution in [0, 0.1) is 17.0 Å². The molecule has 8 nitrogen and oxygen atoms in total. The maximum Gasteiger partial charge on any atom is 0.270 e. The van der Waals surface area contributed by atoms with E-state index in [1.807, 2.05) is 60.0 Å². The highest BCUT2D eigenvalue weighted by Gasteiger charge is 2.23. The molecule has 0 bridgehead atoms. The van der Waals surface area contributed by atoms with Crippen molar-refractivity contribution >= 4 is 29.1 Å². The smallest absolute Gasteiger partial charge is 0.270 e. The third-order valence-corrected chi connectivity index (χ3v) is 6.66. The summed E-state index contributed by atoms with van der Waals surface area (Å²) in [5, 5.41) is 21.7. The topological polar surface area (TPSA) is 92.3 Å². The number of aromatic nitrogens is 3. The number of nitrogens with zero attached hydrogens (tertiary/aromatic N) is 4. The van der Waals surface area contributed by atoms with Crippen LogP contribution in [-0.4, -0.2) is 26.5 Å². The minimum atomic E-state index is -0.405. The molecule has 0 spiro atoms. The van der Waals surface area contributed by atoms with Crippen LogP contribution in [0.3, 0.4) is 0 Å². The van der Waals surface area contributed by atoms with E-state index in [4.69, 9.17) is 21.1 Å². The Labute approximate surface area is 204 Å². The lowest BCUT2D eigenvalue weighted by atomic mass is 10.1. The molecule has 1 aliphatic heterocycles. The van der Waals surface area contributed by atoms with Gasteiger partial charge < -0.3 is 9.47 Å². The molecule has 4 aromatic rings. The molecule has 3 aromatic carbocycles. The van der Waals surface area contributed by atoms with Crippen LogP contribution in [0.2, 0.25) is 5.02 Å². The first kappa shape index (κ1) is 22.4. The van der Waals surface area contributed by atoms with Gasteiger partial charge in [0.05, 0.1) is 17.2 Å². The van der Waals surface area contributed by atoms with Gasteiger partial charge in [0.15, 0.2) is 17.8 Å². The number of nitro benzene ring substituents is 1. The largest absolute Gasteiger partial charge is 0.467 e. The molecular weight excluding hydrogens is 476 g/mol. The number of hydrogen-bond donors (Lipinski definition) is 0. The molecule has 172 valence electrons. The minimum absolute atomic E-state index is 0.00525. The molecule has 10 heteroatoms. The summed E-state index contributed by atoms with van der Waals surface area (Å²) in [6.07, 6.45) is 0. The van der Waals surface area contributed by atoms with E-state index in [1.54, 1.807) is 6.07 Å². The Morgan fingerprint density at radius 1 is 1.15 bits per heavy atom. The molecule has 0 N–H and O–H groups in total. The van der Waals surface area contributed by atoms with E-state index in [1.165, 1.54) is 17.8 Å². The molecular formula is C24H19ClN4O4S. The summed E-state index contributed by atoms with van der Waals surface area (Å²) in [6.45, 7) is 2.41. The number of fused-ring (bicyclic) bond motifs is 1. The van der Waals surface area contributed by atoms with Gasteiger partial charge in [-0.25, -0.2) is 0 Å². The second-order valence-corrected chi connectivity index (χ2v) is 9.06. The van der Waals surface area contributed by atoms with Crippen molar-refractivity contribution in [1.29, 1.82) is 0 Å². The number of benzene rings is 3. The first-order valence-electron chi connectivity index (χ1n) is 10.4. The summed E-state index contributed by atoms with van der Waals surface area (Å²) in [5.41, 5.74) is 4.27. The summed E-state index contributed by atoms with van der Waals surface area (Å²) < 4.78 is 13.0. The number of rotatable bonds is 6. The molecule has 0 aliphatic carbocycles. The minimum Gasteiger partial charge on any atom is -0.467 e. The van der Waals surface area contributed by atoms with Crippen LogP contribution in [0.25, 0.3) is 17.1 Å². The van der Waals surface area contributed by atoms with E-state index in [0.717, 1.165) is 16.8 Å². The molecule has 0 fully saturated rings. The predicted molar refractivity (Wildman–Crippen MR) is 129 cm³/mol. The van der Waals surface area contributed by atoms with Gasteiger partial charge in [-0.1, -0.05) is 41.6 Å². The molecule has 1 aliphatic rings. The molecule has 0 saturated carbocycles. The summed E-state index contributed by atoms with van der Waals surface area (Å²) in [7, 11) is 0. The van der Waals surface area contributed by atoms with Crippen molar-refractivity contribution in [3.8, 4) is 22.8 Å². The standard InChI is InChI=1S/C24H19ClN4O4S/c1-15-4-2-3-5-21(15)28-23(16-6-8-19(25)9-7-16)26-27-24(28)34-13-18-11-20(29(30)31)10-17-12-32-14-33-22(17)18/h2-11H,12-14H2,1H3. The summed E-state index contributed by atoms with van der Waals surface area (Å²) in [5.74, 6) is 1.72. The van der Waals surface area contributed by atoms with Gasteiger partial charge in [0.25, 0.3) is 5.69 Å². The molecule has 0 radical (unpaired) electrons. The Balaban J connectivity index is 1.55. The summed E-state index contributed by atoms with van der Waals surface area (Å²) >= 11 is 7.52. The van der Waals surface area contributed by atoms with E-state index < -0.39 is 4.92 Å². The summed E-state index contributed by atoms with van der Waals surface area (Å²) in [6, 6.07) is 18.5. The maximum absolute atomic E-state index is 11.5. The third-order valence-electron chi connectivity index (χ3n) is 5.43. The summed E-state index contributed by atoms with van der Waals surface area (Å²) in [4.78, 5) is 11.0. The molecule has 0 amide bonds. The number of aryl methyl sites for hydroxylation is 1. The van der Waals surface area contributed by atoms with Crippen molar-refractivity contribution in [2.75, 3.05) is 6.79 Å². The molecule has 0 saturated heterocycles. The van der Waals surface area contributed by atoms with Crippen molar-refractivity contribution in [3.05, 3.63) is 92.5 Å². The number of halogens is 1. The average molecular weight is 495 g/mol. The van der Waals surface area contributed by atoms with Gasteiger partial charge in [-0.3, -0.25) is 14.7 Å². The van der Waals surface area contributed by atoms with E-state index in [-0.39, 0.29) is 19.1 Å². The average Bonchev–Trinajstić information content (AvgIpc) is 3.26. The molecule has 5 rings (SSSR count). The van der Waals surface area contributed by atoms with Gasteiger partial charge in [-0.2, -0.15) is 0 Å². The van der Waals surface area contributed by atoms with Crippen molar-refractivity contribution in [2.45, 2.75) is 24.4 Å². The first-order valence-corrected chi connectivity index (χ1v) is 11.8. The van der Waals surface area contributed by atoms with Crippen LogP contribution >= 0.6 is 23.4 Å². The van der Waals surface area contributed by atoms with E-state index in [0.29, 0.717) is 38.6 Å².